The molecule has 31 heavy (non-hydrogen) atoms. The monoisotopic (exact) mass is 563 g/mol. The first-order valence-corrected chi connectivity index (χ1v) is 11.7. The number of halogens is 1. The summed E-state index contributed by atoms with van der Waals surface area (Å²) >= 11 is 1.81. The maximum absolute atomic E-state index is 12.0. The number of aliphatic imine (C=N–C) groups is 1. The van der Waals surface area contributed by atoms with Crippen molar-refractivity contribution in [2.24, 2.45) is 4.99 Å². The minimum Gasteiger partial charge on any atom is -0.385 e. The van der Waals surface area contributed by atoms with Gasteiger partial charge in [0.1, 0.15) is 6.54 Å². The largest absolute Gasteiger partial charge is 0.385 e. The third-order valence-electron chi connectivity index (χ3n) is 5.03. The van der Waals surface area contributed by atoms with Gasteiger partial charge in [-0.2, -0.15) is 0 Å². The van der Waals surface area contributed by atoms with Gasteiger partial charge in [-0.1, -0.05) is 18.2 Å². The van der Waals surface area contributed by atoms with Gasteiger partial charge in [0.05, 0.1) is 0 Å². The van der Waals surface area contributed by atoms with Gasteiger partial charge < -0.3 is 25.2 Å². The second kappa shape index (κ2) is 16.6. The Morgan fingerprint density at radius 1 is 1.26 bits per heavy atom. The fourth-order valence-electron chi connectivity index (χ4n) is 3.22. The first kappa shape index (κ1) is 28.0. The number of carbonyl (C=O) groups excluding carboxylic acids is 1. The predicted molar refractivity (Wildman–Crippen MR) is 141 cm³/mol. The lowest BCUT2D eigenvalue weighted by Gasteiger charge is -2.33. The first-order chi connectivity index (χ1) is 14.6. The van der Waals surface area contributed by atoms with Crippen molar-refractivity contribution in [3.63, 3.8) is 0 Å². The van der Waals surface area contributed by atoms with Crippen LogP contribution in [0.25, 0.3) is 0 Å². The summed E-state index contributed by atoms with van der Waals surface area (Å²) in [7, 11) is 5.27. The Morgan fingerprint density at radius 3 is 2.61 bits per heavy atom. The van der Waals surface area contributed by atoms with E-state index in [9.17, 15) is 4.79 Å². The molecule has 1 fully saturated rings. The van der Waals surface area contributed by atoms with Crippen LogP contribution in [0.15, 0.2) is 40.2 Å². The molecule has 2 N–H and O–H groups in total. The normalized spacial score (nSPS) is 15.3. The lowest BCUT2D eigenvalue weighted by molar-refractivity contribution is -0.127. The van der Waals surface area contributed by atoms with Crippen LogP contribution in [-0.2, 0) is 9.53 Å². The highest BCUT2D eigenvalue weighted by atomic mass is 127. The summed E-state index contributed by atoms with van der Waals surface area (Å²) in [6, 6.07) is 10.8. The SMILES string of the molecule is COCCCN1CCC(NC(=NCC(=O)N(C)C)NCCSc2ccccc2)CC1.I. The Labute approximate surface area is 208 Å². The number of hydrogen-bond donors (Lipinski definition) is 2. The molecule has 0 unspecified atom stereocenters. The number of carbonyl (C=O) groups is 1. The summed E-state index contributed by atoms with van der Waals surface area (Å²) in [5.41, 5.74) is 0. The van der Waals surface area contributed by atoms with E-state index in [2.05, 4.69) is 44.8 Å². The lowest BCUT2D eigenvalue weighted by atomic mass is 10.1. The molecule has 0 radical (unpaired) electrons. The molecule has 0 aromatic heterocycles. The Balaban J connectivity index is 0.00000480. The standard InChI is InChI=1S/C22H37N5O2S.HI/c1-26(2)21(28)18-24-22(23-12-17-30-20-8-5-4-6-9-20)25-19-10-14-27(15-11-19)13-7-16-29-3;/h4-6,8-9,19H,7,10-18H2,1-3H3,(H2,23,24,25);1H. The minimum atomic E-state index is 0. The lowest BCUT2D eigenvalue weighted by Crippen LogP contribution is -2.49. The number of thioether (sulfide) groups is 1. The third-order valence-corrected chi connectivity index (χ3v) is 6.04. The fourth-order valence-corrected chi connectivity index (χ4v) is 4.01. The minimum absolute atomic E-state index is 0. The van der Waals surface area contributed by atoms with Crippen LogP contribution in [0.2, 0.25) is 0 Å². The molecule has 0 bridgehead atoms. The van der Waals surface area contributed by atoms with E-state index in [1.165, 1.54) is 4.90 Å². The number of likely N-dealkylation sites (tertiary alicyclic amines) is 1. The highest BCUT2D eigenvalue weighted by molar-refractivity contribution is 14.0. The van der Waals surface area contributed by atoms with Gasteiger partial charge in [0.2, 0.25) is 5.91 Å². The zero-order valence-corrected chi connectivity index (χ0v) is 22.2. The zero-order valence-electron chi connectivity index (χ0n) is 19.0. The molecule has 2 rings (SSSR count). The molecule has 1 aliphatic rings. The summed E-state index contributed by atoms with van der Waals surface area (Å²) in [6.07, 6.45) is 3.23. The van der Waals surface area contributed by atoms with E-state index in [0.29, 0.717) is 6.04 Å². The van der Waals surface area contributed by atoms with E-state index >= 15 is 0 Å². The number of guanidine groups is 1. The molecule has 0 spiro atoms. The molecule has 0 atom stereocenters. The van der Waals surface area contributed by atoms with Crippen LogP contribution in [0.1, 0.15) is 19.3 Å². The van der Waals surface area contributed by atoms with Crippen LogP contribution >= 0.6 is 35.7 Å². The van der Waals surface area contributed by atoms with E-state index in [-0.39, 0.29) is 36.4 Å². The number of nitrogens with zero attached hydrogens (tertiary/aromatic N) is 3. The summed E-state index contributed by atoms with van der Waals surface area (Å²) in [5.74, 6) is 1.67. The summed E-state index contributed by atoms with van der Waals surface area (Å²) < 4.78 is 5.15. The number of amides is 1. The van der Waals surface area contributed by atoms with E-state index < -0.39 is 0 Å². The summed E-state index contributed by atoms with van der Waals surface area (Å²) in [6.45, 7) is 5.01. The maximum atomic E-state index is 12.0. The van der Waals surface area contributed by atoms with Gasteiger partial charge in [0, 0.05) is 70.7 Å². The van der Waals surface area contributed by atoms with Crippen molar-refractivity contribution in [3.8, 4) is 0 Å². The van der Waals surface area contributed by atoms with Crippen molar-refractivity contribution < 1.29 is 9.53 Å². The quantitative estimate of drug-likeness (QED) is 0.142. The molecule has 0 aliphatic carbocycles. The second-order valence-electron chi connectivity index (χ2n) is 7.65. The van der Waals surface area contributed by atoms with E-state index in [1.807, 2.05) is 17.8 Å². The van der Waals surface area contributed by atoms with Crippen molar-refractivity contribution >= 4 is 47.6 Å². The number of ether oxygens (including phenoxy) is 1. The molecule has 1 aromatic carbocycles. The number of methoxy groups -OCH3 is 1. The zero-order chi connectivity index (χ0) is 21.6. The Hall–Kier alpha value is -1.04. The van der Waals surface area contributed by atoms with Crippen LogP contribution in [0.4, 0.5) is 0 Å². The molecular formula is C22H38IN5O2S. The average Bonchev–Trinajstić information content (AvgIpc) is 2.76. The van der Waals surface area contributed by atoms with Crippen molar-refractivity contribution in [2.75, 3.05) is 66.3 Å². The van der Waals surface area contributed by atoms with Gasteiger partial charge in [0.25, 0.3) is 0 Å². The average molecular weight is 564 g/mol. The van der Waals surface area contributed by atoms with Gasteiger partial charge in [-0.25, -0.2) is 4.99 Å². The molecule has 1 heterocycles. The molecule has 9 heteroatoms. The number of hydrogen-bond acceptors (Lipinski definition) is 5. The number of piperidine rings is 1. The van der Waals surface area contributed by atoms with Crippen LogP contribution in [0.5, 0.6) is 0 Å². The summed E-state index contributed by atoms with van der Waals surface area (Å²) in [4.78, 5) is 21.8. The van der Waals surface area contributed by atoms with E-state index in [0.717, 1.165) is 63.8 Å². The molecule has 1 saturated heterocycles. The smallest absolute Gasteiger partial charge is 0.243 e. The highest BCUT2D eigenvalue weighted by Crippen LogP contribution is 2.15. The van der Waals surface area contributed by atoms with Crippen molar-refractivity contribution in [1.29, 1.82) is 0 Å². The van der Waals surface area contributed by atoms with Gasteiger partial charge in [-0.15, -0.1) is 35.7 Å². The van der Waals surface area contributed by atoms with Crippen molar-refractivity contribution in [2.45, 2.75) is 30.2 Å². The van der Waals surface area contributed by atoms with Crippen molar-refractivity contribution in [1.82, 2.24) is 20.4 Å². The maximum Gasteiger partial charge on any atom is 0.243 e. The van der Waals surface area contributed by atoms with Crippen LogP contribution in [-0.4, -0.2) is 94.0 Å². The first-order valence-electron chi connectivity index (χ1n) is 10.7. The molecule has 1 aromatic rings. The fraction of sp³-hybridized carbons (Fsp3) is 0.636. The number of nitrogens with one attached hydrogen (secondary N) is 2. The van der Waals surface area contributed by atoms with Gasteiger partial charge in [0.15, 0.2) is 5.96 Å². The Kier molecular flexibility index (Phi) is 15.0. The second-order valence-corrected chi connectivity index (χ2v) is 8.82. The predicted octanol–water partition coefficient (Wildman–Crippen LogP) is 2.52. The van der Waals surface area contributed by atoms with Crippen LogP contribution < -0.4 is 10.6 Å². The molecular weight excluding hydrogens is 525 g/mol. The van der Waals surface area contributed by atoms with Gasteiger partial charge in [-0.3, -0.25) is 4.79 Å². The molecule has 176 valence electrons. The molecule has 0 saturated carbocycles. The Morgan fingerprint density at radius 2 is 1.97 bits per heavy atom. The summed E-state index contributed by atoms with van der Waals surface area (Å²) in [5, 5.41) is 6.95. The van der Waals surface area contributed by atoms with Gasteiger partial charge >= 0.3 is 0 Å². The third kappa shape index (κ3) is 12.0. The van der Waals surface area contributed by atoms with E-state index in [1.54, 1.807) is 26.1 Å². The topological polar surface area (TPSA) is 69.2 Å². The molecule has 1 amide bonds. The number of benzene rings is 1. The van der Waals surface area contributed by atoms with Gasteiger partial charge in [-0.05, 0) is 31.4 Å². The molecule has 1 aliphatic heterocycles. The van der Waals surface area contributed by atoms with Crippen LogP contribution in [0, 0.1) is 0 Å². The van der Waals surface area contributed by atoms with Crippen LogP contribution in [0.3, 0.4) is 0 Å². The number of likely N-dealkylation sites (N-methyl/N-ethyl adjacent to an activating group) is 1. The highest BCUT2D eigenvalue weighted by Gasteiger charge is 2.19. The van der Waals surface area contributed by atoms with Crippen molar-refractivity contribution in [3.05, 3.63) is 30.3 Å². The number of rotatable bonds is 11. The Bertz CT molecular complexity index is 640. The van der Waals surface area contributed by atoms with E-state index in [4.69, 9.17) is 4.74 Å². The molecule has 7 nitrogen and oxygen atoms in total.